The van der Waals surface area contributed by atoms with E-state index >= 15 is 0 Å². The van der Waals surface area contributed by atoms with Crippen molar-refractivity contribution in [3.05, 3.63) is 48.3 Å². The Hall–Kier alpha value is -2.03. The first kappa shape index (κ1) is 12.4. The van der Waals surface area contributed by atoms with Crippen LogP contribution >= 0.6 is 0 Å². The summed E-state index contributed by atoms with van der Waals surface area (Å²) in [6.45, 7) is 0. The predicted molar refractivity (Wildman–Crippen MR) is 72.5 cm³/mol. The highest BCUT2D eigenvalue weighted by Crippen LogP contribution is 2.12. The molecule has 3 nitrogen and oxygen atoms in total. The lowest BCUT2D eigenvalue weighted by Crippen LogP contribution is -1.92. The van der Waals surface area contributed by atoms with Crippen LogP contribution in [0.1, 0.15) is 31.2 Å². The lowest BCUT2D eigenvalue weighted by molar-refractivity contribution is -0.137. The van der Waals surface area contributed by atoms with Crippen LogP contribution in [0.15, 0.2) is 42.7 Å². The number of hydrogen-bond acceptors (Lipinski definition) is 1. The van der Waals surface area contributed by atoms with Gasteiger partial charge in [0.05, 0.1) is 0 Å². The summed E-state index contributed by atoms with van der Waals surface area (Å²) >= 11 is 0. The van der Waals surface area contributed by atoms with Gasteiger partial charge in [0.25, 0.3) is 0 Å². The molecule has 2 aromatic heterocycles. The van der Waals surface area contributed by atoms with E-state index in [9.17, 15) is 4.79 Å². The summed E-state index contributed by atoms with van der Waals surface area (Å²) in [4.78, 5) is 10.3. The van der Waals surface area contributed by atoms with Gasteiger partial charge in [0, 0.05) is 24.3 Å². The van der Waals surface area contributed by atoms with E-state index in [0.717, 1.165) is 19.3 Å². The Morgan fingerprint density at radius 1 is 1.33 bits per heavy atom. The van der Waals surface area contributed by atoms with Crippen LogP contribution < -0.4 is 0 Å². The molecule has 18 heavy (non-hydrogen) atoms. The number of allylic oxidation sites excluding steroid dienone is 1. The normalized spacial score (nSPS) is 11.3. The van der Waals surface area contributed by atoms with E-state index in [-0.39, 0.29) is 6.42 Å². The van der Waals surface area contributed by atoms with Gasteiger partial charge in [-0.05, 0) is 43.0 Å². The number of unbranched alkanes of at least 4 members (excludes halogenated alkanes) is 2. The summed E-state index contributed by atoms with van der Waals surface area (Å²) in [7, 11) is 0. The maximum atomic E-state index is 10.3. The predicted octanol–water partition coefficient (Wildman–Crippen LogP) is 3.60. The second kappa shape index (κ2) is 6.05. The van der Waals surface area contributed by atoms with Crippen LogP contribution in [0.5, 0.6) is 0 Å². The molecule has 0 aliphatic heterocycles. The van der Waals surface area contributed by atoms with Crippen molar-refractivity contribution in [2.45, 2.75) is 25.7 Å². The fourth-order valence-corrected chi connectivity index (χ4v) is 1.93. The van der Waals surface area contributed by atoms with Crippen molar-refractivity contribution in [3.8, 4) is 0 Å². The zero-order chi connectivity index (χ0) is 12.8. The van der Waals surface area contributed by atoms with Crippen LogP contribution in [-0.4, -0.2) is 15.5 Å². The van der Waals surface area contributed by atoms with Crippen LogP contribution in [0.25, 0.3) is 11.6 Å². The Morgan fingerprint density at radius 2 is 2.22 bits per heavy atom. The Kier molecular flexibility index (Phi) is 4.18. The Bertz CT molecular complexity index is 521. The van der Waals surface area contributed by atoms with Gasteiger partial charge in [-0.15, -0.1) is 0 Å². The van der Waals surface area contributed by atoms with Crippen molar-refractivity contribution in [1.82, 2.24) is 4.40 Å². The molecule has 2 rings (SSSR count). The molecule has 0 fully saturated rings. The molecular formula is C15H17NO2. The molecule has 2 aromatic rings. The molecule has 0 bridgehead atoms. The Morgan fingerprint density at radius 3 is 3.00 bits per heavy atom. The third-order valence-corrected chi connectivity index (χ3v) is 2.85. The van der Waals surface area contributed by atoms with Crippen LogP contribution in [0.2, 0.25) is 0 Å². The maximum Gasteiger partial charge on any atom is 0.303 e. The summed E-state index contributed by atoms with van der Waals surface area (Å²) in [5.41, 5.74) is 2.36. The minimum absolute atomic E-state index is 0.268. The van der Waals surface area contributed by atoms with Crippen LogP contribution in [0.4, 0.5) is 0 Å². The first-order chi connectivity index (χ1) is 8.75. The van der Waals surface area contributed by atoms with Crippen molar-refractivity contribution in [2.24, 2.45) is 0 Å². The van der Waals surface area contributed by atoms with E-state index < -0.39 is 5.97 Å². The van der Waals surface area contributed by atoms with Crippen molar-refractivity contribution >= 4 is 17.6 Å². The lowest BCUT2D eigenvalue weighted by Gasteiger charge is -1.92. The highest BCUT2D eigenvalue weighted by atomic mass is 16.4. The highest BCUT2D eigenvalue weighted by Gasteiger charge is 1.96. The minimum atomic E-state index is -0.710. The van der Waals surface area contributed by atoms with Crippen LogP contribution in [0, 0.1) is 0 Å². The third-order valence-electron chi connectivity index (χ3n) is 2.85. The standard InChI is InChI=1S/C15H17NO2/c17-15(18)9-4-2-1-3-7-13-11-14-8-5-6-10-16(14)12-13/h3,5-8,10-12H,1-2,4,9H2,(H,17,18). The van der Waals surface area contributed by atoms with E-state index in [0.29, 0.717) is 0 Å². The molecule has 0 saturated carbocycles. The van der Waals surface area contributed by atoms with Gasteiger partial charge in [-0.25, -0.2) is 0 Å². The number of aliphatic carboxylic acids is 1. The van der Waals surface area contributed by atoms with Gasteiger partial charge in [0.15, 0.2) is 0 Å². The van der Waals surface area contributed by atoms with E-state index in [1.54, 1.807) is 0 Å². The van der Waals surface area contributed by atoms with Gasteiger partial charge in [-0.2, -0.15) is 0 Å². The van der Waals surface area contributed by atoms with Crippen molar-refractivity contribution < 1.29 is 9.90 Å². The van der Waals surface area contributed by atoms with Gasteiger partial charge in [-0.3, -0.25) is 4.79 Å². The molecule has 94 valence electrons. The highest BCUT2D eigenvalue weighted by molar-refractivity contribution is 5.66. The van der Waals surface area contributed by atoms with Crippen LogP contribution in [-0.2, 0) is 4.79 Å². The molecule has 3 heteroatoms. The third kappa shape index (κ3) is 3.48. The van der Waals surface area contributed by atoms with E-state index in [1.807, 2.05) is 18.3 Å². The number of rotatable bonds is 6. The summed E-state index contributed by atoms with van der Waals surface area (Å²) < 4.78 is 2.09. The monoisotopic (exact) mass is 243 g/mol. The largest absolute Gasteiger partial charge is 0.481 e. The van der Waals surface area contributed by atoms with E-state index in [2.05, 4.69) is 34.9 Å². The molecule has 0 radical (unpaired) electrons. The second-order valence-electron chi connectivity index (χ2n) is 4.35. The molecule has 0 aliphatic rings. The summed E-state index contributed by atoms with van der Waals surface area (Å²) in [6, 6.07) is 8.24. The number of carboxylic acid groups (broad SMARTS) is 1. The first-order valence-corrected chi connectivity index (χ1v) is 6.21. The summed E-state index contributed by atoms with van der Waals surface area (Å²) in [6.07, 6.45) is 11.2. The Balaban J connectivity index is 1.83. The molecule has 0 atom stereocenters. The SMILES string of the molecule is O=C(O)CCCCC=Cc1cc2ccccn2c1. The number of nitrogens with zero attached hydrogens (tertiary/aromatic N) is 1. The summed E-state index contributed by atoms with van der Waals surface area (Å²) in [5.74, 6) is -0.710. The lowest BCUT2D eigenvalue weighted by atomic mass is 10.1. The number of carboxylic acids is 1. The molecule has 0 unspecified atom stereocenters. The summed E-state index contributed by atoms with van der Waals surface area (Å²) in [5, 5.41) is 8.51. The minimum Gasteiger partial charge on any atom is -0.481 e. The Labute approximate surface area is 106 Å². The first-order valence-electron chi connectivity index (χ1n) is 6.21. The molecule has 0 spiro atoms. The molecule has 1 N–H and O–H groups in total. The zero-order valence-electron chi connectivity index (χ0n) is 10.2. The molecular weight excluding hydrogens is 226 g/mol. The molecule has 2 heterocycles. The smallest absolute Gasteiger partial charge is 0.303 e. The number of fused-ring (bicyclic) bond motifs is 1. The fourth-order valence-electron chi connectivity index (χ4n) is 1.93. The van der Waals surface area contributed by atoms with Crippen molar-refractivity contribution in [2.75, 3.05) is 0 Å². The van der Waals surface area contributed by atoms with Gasteiger partial charge >= 0.3 is 5.97 Å². The fraction of sp³-hybridized carbons (Fsp3) is 0.267. The van der Waals surface area contributed by atoms with Gasteiger partial charge < -0.3 is 9.51 Å². The number of pyridine rings is 1. The number of hydrogen-bond donors (Lipinski definition) is 1. The van der Waals surface area contributed by atoms with E-state index in [1.165, 1.54) is 11.1 Å². The zero-order valence-corrected chi connectivity index (χ0v) is 10.2. The molecule has 0 amide bonds. The molecule has 0 aliphatic carbocycles. The van der Waals surface area contributed by atoms with Gasteiger partial charge in [-0.1, -0.05) is 18.2 Å². The molecule has 0 aromatic carbocycles. The average molecular weight is 243 g/mol. The topological polar surface area (TPSA) is 41.7 Å². The second-order valence-corrected chi connectivity index (χ2v) is 4.35. The van der Waals surface area contributed by atoms with E-state index in [4.69, 9.17) is 5.11 Å². The maximum absolute atomic E-state index is 10.3. The average Bonchev–Trinajstić information content (AvgIpc) is 2.75. The van der Waals surface area contributed by atoms with Gasteiger partial charge in [0.2, 0.25) is 0 Å². The van der Waals surface area contributed by atoms with Gasteiger partial charge in [0.1, 0.15) is 0 Å². The number of aromatic nitrogens is 1. The number of carbonyl (C=O) groups is 1. The quantitative estimate of drug-likeness (QED) is 0.788. The van der Waals surface area contributed by atoms with Crippen molar-refractivity contribution in [3.63, 3.8) is 0 Å². The molecule has 0 saturated heterocycles. The van der Waals surface area contributed by atoms with Crippen molar-refractivity contribution in [1.29, 1.82) is 0 Å². The van der Waals surface area contributed by atoms with Crippen LogP contribution in [0.3, 0.4) is 0 Å².